The summed E-state index contributed by atoms with van der Waals surface area (Å²) in [7, 11) is 0. The summed E-state index contributed by atoms with van der Waals surface area (Å²) < 4.78 is 0. The molecule has 0 aromatic heterocycles. The van der Waals surface area contributed by atoms with Gasteiger partial charge in [0.05, 0.1) is 0 Å². The van der Waals surface area contributed by atoms with Crippen molar-refractivity contribution in [3.8, 4) is 0 Å². The van der Waals surface area contributed by atoms with Crippen LogP contribution < -0.4 is 10.6 Å². The maximum Gasteiger partial charge on any atom is 0.315 e. The molecule has 0 aliphatic heterocycles. The van der Waals surface area contributed by atoms with E-state index in [1.807, 2.05) is 11.8 Å². The van der Waals surface area contributed by atoms with Crippen LogP contribution in [0.2, 0.25) is 0 Å². The fourth-order valence-corrected chi connectivity index (χ4v) is 3.77. The maximum atomic E-state index is 12.0. The maximum absolute atomic E-state index is 12.0. The van der Waals surface area contributed by atoms with Crippen LogP contribution in [0, 0.1) is 5.41 Å². The molecule has 0 spiro atoms. The van der Waals surface area contributed by atoms with Crippen molar-refractivity contribution in [2.24, 2.45) is 5.41 Å². The van der Waals surface area contributed by atoms with Gasteiger partial charge >= 0.3 is 6.03 Å². The third-order valence-corrected chi connectivity index (χ3v) is 5.91. The number of carbonyl (C=O) groups excluding carboxylic acids is 1. The first-order valence-electron chi connectivity index (χ1n) is 7.77. The zero-order valence-corrected chi connectivity index (χ0v) is 13.9. The van der Waals surface area contributed by atoms with Crippen molar-refractivity contribution < 1.29 is 9.90 Å². The molecule has 1 fully saturated rings. The van der Waals surface area contributed by atoms with Gasteiger partial charge in [0.2, 0.25) is 0 Å². The second-order valence-corrected chi connectivity index (χ2v) is 7.01. The monoisotopic (exact) mass is 302 g/mol. The Balaban J connectivity index is 2.35. The highest BCUT2D eigenvalue weighted by molar-refractivity contribution is 7.99. The first kappa shape index (κ1) is 17.6. The Morgan fingerprint density at radius 2 is 2.05 bits per heavy atom. The lowest BCUT2D eigenvalue weighted by Gasteiger charge is -2.31. The predicted molar refractivity (Wildman–Crippen MR) is 86.2 cm³/mol. The van der Waals surface area contributed by atoms with E-state index in [1.165, 1.54) is 6.42 Å². The van der Waals surface area contributed by atoms with Gasteiger partial charge in [-0.3, -0.25) is 0 Å². The van der Waals surface area contributed by atoms with E-state index in [0.29, 0.717) is 17.8 Å². The van der Waals surface area contributed by atoms with Gasteiger partial charge in [0.25, 0.3) is 0 Å². The van der Waals surface area contributed by atoms with Gasteiger partial charge in [-0.25, -0.2) is 4.79 Å². The van der Waals surface area contributed by atoms with Crippen LogP contribution >= 0.6 is 11.8 Å². The van der Waals surface area contributed by atoms with Crippen LogP contribution in [0.15, 0.2) is 0 Å². The molecular formula is C15H30N2O2S. The van der Waals surface area contributed by atoms with Crippen LogP contribution in [0.1, 0.15) is 52.4 Å². The molecule has 0 heterocycles. The van der Waals surface area contributed by atoms with Gasteiger partial charge in [-0.1, -0.05) is 13.8 Å². The molecule has 2 unspecified atom stereocenters. The van der Waals surface area contributed by atoms with E-state index in [0.717, 1.165) is 32.1 Å². The number of carbonyl (C=O) groups is 1. The molecule has 3 N–H and O–H groups in total. The number of hydrogen-bond donors (Lipinski definition) is 3. The Hall–Kier alpha value is -0.420. The van der Waals surface area contributed by atoms with Crippen molar-refractivity contribution in [2.75, 3.05) is 19.4 Å². The summed E-state index contributed by atoms with van der Waals surface area (Å²) in [6, 6.07) is 0.268. The van der Waals surface area contributed by atoms with E-state index in [-0.39, 0.29) is 18.1 Å². The summed E-state index contributed by atoms with van der Waals surface area (Å²) in [5.74, 6) is 0. The quantitative estimate of drug-likeness (QED) is 0.646. The normalized spacial score (nSPS) is 22.8. The summed E-state index contributed by atoms with van der Waals surface area (Å²) >= 11 is 1.90. The molecule has 0 aromatic rings. The minimum Gasteiger partial charge on any atom is -0.396 e. The SMILES string of the molecule is CCC(CC)(CCO)CNC(=O)NC1CCC(SC)C1. The van der Waals surface area contributed by atoms with E-state index >= 15 is 0 Å². The lowest BCUT2D eigenvalue weighted by Crippen LogP contribution is -2.45. The molecule has 1 aliphatic rings. The molecule has 5 heteroatoms. The zero-order valence-electron chi connectivity index (χ0n) is 13.1. The number of rotatable bonds is 8. The summed E-state index contributed by atoms with van der Waals surface area (Å²) in [4.78, 5) is 12.0. The van der Waals surface area contributed by atoms with Gasteiger partial charge in [-0.15, -0.1) is 0 Å². The molecule has 118 valence electrons. The molecule has 1 rings (SSSR count). The fourth-order valence-electron chi connectivity index (χ4n) is 2.97. The Morgan fingerprint density at radius 3 is 2.55 bits per heavy atom. The van der Waals surface area contributed by atoms with Crippen LogP contribution in [0.3, 0.4) is 0 Å². The number of aliphatic hydroxyl groups is 1. The summed E-state index contributed by atoms with van der Waals surface area (Å²) in [5, 5.41) is 16.0. The van der Waals surface area contributed by atoms with Gasteiger partial charge in [-0.2, -0.15) is 11.8 Å². The number of aliphatic hydroxyl groups excluding tert-OH is 1. The van der Waals surface area contributed by atoms with Gasteiger partial charge in [0, 0.05) is 24.4 Å². The molecular weight excluding hydrogens is 272 g/mol. The lowest BCUT2D eigenvalue weighted by molar-refractivity contribution is 0.163. The van der Waals surface area contributed by atoms with Gasteiger partial charge < -0.3 is 15.7 Å². The van der Waals surface area contributed by atoms with E-state index in [2.05, 4.69) is 30.7 Å². The Kier molecular flexibility index (Phi) is 7.74. The van der Waals surface area contributed by atoms with E-state index < -0.39 is 0 Å². The molecule has 2 amide bonds. The van der Waals surface area contributed by atoms with E-state index in [1.54, 1.807) is 0 Å². The highest BCUT2D eigenvalue weighted by Gasteiger charge is 2.28. The van der Waals surface area contributed by atoms with Crippen molar-refractivity contribution >= 4 is 17.8 Å². The summed E-state index contributed by atoms with van der Waals surface area (Å²) in [6.07, 6.45) is 8.20. The average Bonchev–Trinajstić information content (AvgIpc) is 2.91. The molecule has 4 nitrogen and oxygen atoms in total. The molecule has 2 atom stereocenters. The Labute approximate surface area is 127 Å². The predicted octanol–water partition coefficient (Wildman–Crippen LogP) is 2.76. The third kappa shape index (κ3) is 5.17. The highest BCUT2D eigenvalue weighted by Crippen LogP contribution is 2.30. The third-order valence-electron chi connectivity index (χ3n) is 4.82. The van der Waals surface area contributed by atoms with Gasteiger partial charge in [0.15, 0.2) is 0 Å². The fraction of sp³-hybridized carbons (Fsp3) is 0.933. The van der Waals surface area contributed by atoms with Crippen molar-refractivity contribution in [3.05, 3.63) is 0 Å². The van der Waals surface area contributed by atoms with Gasteiger partial charge in [-0.05, 0) is 50.2 Å². The number of hydrogen-bond acceptors (Lipinski definition) is 3. The van der Waals surface area contributed by atoms with Crippen LogP contribution in [0.25, 0.3) is 0 Å². The first-order chi connectivity index (χ1) is 9.59. The van der Waals surface area contributed by atoms with Crippen molar-refractivity contribution in [1.29, 1.82) is 0 Å². The Morgan fingerprint density at radius 1 is 1.35 bits per heavy atom. The molecule has 0 saturated heterocycles. The molecule has 0 aromatic carbocycles. The van der Waals surface area contributed by atoms with Crippen molar-refractivity contribution in [1.82, 2.24) is 10.6 Å². The first-order valence-corrected chi connectivity index (χ1v) is 9.06. The number of urea groups is 1. The standard InChI is InChI=1S/C15H30N2O2S/c1-4-15(5-2,8-9-18)11-16-14(19)17-12-6-7-13(10-12)20-3/h12-13,18H,4-11H2,1-3H3,(H2,16,17,19). The molecule has 1 aliphatic carbocycles. The second-order valence-electron chi connectivity index (χ2n) is 5.88. The average molecular weight is 302 g/mol. The minimum absolute atomic E-state index is 0.0313. The second kappa shape index (κ2) is 8.78. The summed E-state index contributed by atoms with van der Waals surface area (Å²) in [6.45, 7) is 5.08. The topological polar surface area (TPSA) is 61.4 Å². The Bertz CT molecular complexity index is 296. The van der Waals surface area contributed by atoms with Crippen LogP contribution in [-0.2, 0) is 0 Å². The van der Waals surface area contributed by atoms with E-state index in [9.17, 15) is 9.90 Å². The molecule has 0 radical (unpaired) electrons. The van der Waals surface area contributed by atoms with E-state index in [4.69, 9.17) is 0 Å². The number of nitrogens with one attached hydrogen (secondary N) is 2. The van der Waals surface area contributed by atoms with Crippen LogP contribution in [0.4, 0.5) is 4.79 Å². The van der Waals surface area contributed by atoms with Crippen molar-refractivity contribution in [3.63, 3.8) is 0 Å². The molecule has 1 saturated carbocycles. The number of amides is 2. The highest BCUT2D eigenvalue weighted by atomic mass is 32.2. The van der Waals surface area contributed by atoms with Gasteiger partial charge in [0.1, 0.15) is 0 Å². The molecule has 20 heavy (non-hydrogen) atoms. The van der Waals surface area contributed by atoms with Crippen LogP contribution in [-0.4, -0.2) is 41.8 Å². The van der Waals surface area contributed by atoms with Crippen molar-refractivity contribution in [2.45, 2.75) is 63.7 Å². The zero-order chi connectivity index (χ0) is 15.0. The summed E-state index contributed by atoms with van der Waals surface area (Å²) in [5.41, 5.74) is 0.0313. The minimum atomic E-state index is -0.0547. The smallest absolute Gasteiger partial charge is 0.315 e. The molecule has 0 bridgehead atoms. The number of thioether (sulfide) groups is 1. The lowest BCUT2D eigenvalue weighted by atomic mass is 9.79. The van der Waals surface area contributed by atoms with Crippen LogP contribution in [0.5, 0.6) is 0 Å². The largest absolute Gasteiger partial charge is 0.396 e.